The van der Waals surface area contributed by atoms with E-state index in [0.717, 1.165) is 0 Å². The van der Waals surface area contributed by atoms with Crippen LogP contribution in [0.25, 0.3) is 17.2 Å². The number of carbonyl (C=O) groups is 2. The Morgan fingerprint density at radius 2 is 1.84 bits per heavy atom. The van der Waals surface area contributed by atoms with Crippen molar-refractivity contribution in [2.75, 3.05) is 20.8 Å². The molecular weight excluding hydrogens is 404 g/mol. The van der Waals surface area contributed by atoms with Crippen LogP contribution >= 0.6 is 0 Å². The Morgan fingerprint density at radius 3 is 2.39 bits per heavy atom. The molecule has 0 saturated heterocycles. The van der Waals surface area contributed by atoms with Crippen molar-refractivity contribution >= 4 is 18.0 Å². The van der Waals surface area contributed by atoms with E-state index >= 15 is 0 Å². The van der Waals surface area contributed by atoms with Gasteiger partial charge in [-0.1, -0.05) is 12.1 Å². The van der Waals surface area contributed by atoms with Gasteiger partial charge in [0.1, 0.15) is 5.69 Å². The third-order valence-corrected chi connectivity index (χ3v) is 4.82. The smallest absolute Gasteiger partial charge is 0.355 e. The second kappa shape index (κ2) is 11.4. The summed E-state index contributed by atoms with van der Waals surface area (Å²) < 4.78 is 9.83. The van der Waals surface area contributed by atoms with E-state index in [1.807, 2.05) is 0 Å². The number of benzene rings is 1. The first-order valence-corrected chi connectivity index (χ1v) is 9.76. The lowest BCUT2D eigenvalue weighted by Crippen LogP contribution is -2.09. The second-order valence-electron chi connectivity index (χ2n) is 6.58. The van der Waals surface area contributed by atoms with Crippen molar-refractivity contribution in [1.82, 2.24) is 10.3 Å². The van der Waals surface area contributed by atoms with Crippen molar-refractivity contribution in [2.24, 2.45) is 0 Å². The largest absolute Gasteiger partial charge is 0.466 e. The molecule has 1 aromatic heterocycles. The number of carbonyl (C=O) groups excluding carboxylic acids is 2. The number of nitrogens with one attached hydrogen (secondary N) is 2. The summed E-state index contributed by atoms with van der Waals surface area (Å²) in [6, 6.07) is 3.34. The topological polar surface area (TPSA) is 141 Å². The summed E-state index contributed by atoms with van der Waals surface area (Å²) >= 11 is 0. The minimum Gasteiger partial charge on any atom is -0.466 e. The van der Waals surface area contributed by atoms with E-state index in [-0.39, 0.29) is 25.5 Å². The monoisotopic (exact) mass is 432 g/mol. The van der Waals surface area contributed by atoms with Gasteiger partial charge in [-0.25, -0.2) is 9.59 Å². The lowest BCUT2D eigenvalue weighted by atomic mass is 9.90. The fourth-order valence-corrected chi connectivity index (χ4v) is 3.44. The van der Waals surface area contributed by atoms with Gasteiger partial charge in [-0.15, -0.1) is 0 Å². The van der Waals surface area contributed by atoms with Crippen LogP contribution in [0.15, 0.2) is 18.2 Å². The van der Waals surface area contributed by atoms with Crippen molar-refractivity contribution in [3.8, 4) is 11.1 Å². The molecule has 1 heterocycles. The van der Waals surface area contributed by atoms with Gasteiger partial charge < -0.3 is 35.1 Å². The zero-order chi connectivity index (χ0) is 23.0. The fraction of sp³-hybridized carbons (Fsp3) is 0.364. The zero-order valence-corrected chi connectivity index (χ0v) is 17.8. The highest BCUT2D eigenvalue weighted by Crippen LogP contribution is 2.37. The summed E-state index contributed by atoms with van der Waals surface area (Å²) in [6.45, 7) is 1.10. The molecule has 0 spiro atoms. The Bertz CT molecular complexity index is 963. The zero-order valence-electron chi connectivity index (χ0n) is 17.8. The average molecular weight is 432 g/mol. The minimum atomic E-state index is -0.605. The van der Waals surface area contributed by atoms with Crippen LogP contribution in [0.3, 0.4) is 0 Å². The van der Waals surface area contributed by atoms with Gasteiger partial charge in [-0.05, 0) is 42.3 Å². The first kappa shape index (κ1) is 24.3. The van der Waals surface area contributed by atoms with Gasteiger partial charge in [0.2, 0.25) is 0 Å². The summed E-state index contributed by atoms with van der Waals surface area (Å²) in [5.41, 5.74) is 3.54. The van der Waals surface area contributed by atoms with Crippen LogP contribution < -0.4 is 5.32 Å². The minimum absolute atomic E-state index is 0.142. The predicted octanol–water partition coefficient (Wildman–Crippen LogP) is 1.24. The number of methoxy groups -OCH3 is 1. The Balaban J connectivity index is 2.88. The lowest BCUT2D eigenvalue weighted by Gasteiger charge is -2.17. The van der Waals surface area contributed by atoms with E-state index in [0.29, 0.717) is 45.6 Å². The van der Waals surface area contributed by atoms with Gasteiger partial charge in [0.25, 0.3) is 0 Å². The van der Waals surface area contributed by atoms with E-state index < -0.39 is 18.5 Å². The number of aliphatic hydroxyl groups is 3. The standard InChI is InChI=1S/C22H28N2O7/c1-4-31-22(29)21-15(7-8-19(28)30-3)20(18(24-21)9-23-2)14-6-5-13(10-25)16(11-26)17(14)12-27/h5-8,23-27H,4,9-12H2,1-3H3/b8-7+. The number of H-pyrrole nitrogens is 1. The van der Waals surface area contributed by atoms with Crippen LogP contribution in [-0.2, 0) is 40.6 Å². The fourth-order valence-electron chi connectivity index (χ4n) is 3.44. The molecule has 0 amide bonds. The molecule has 1 aromatic carbocycles. The molecule has 31 heavy (non-hydrogen) atoms. The molecule has 0 bridgehead atoms. The number of aromatic nitrogens is 1. The van der Waals surface area contributed by atoms with Crippen molar-refractivity contribution in [2.45, 2.75) is 33.3 Å². The Morgan fingerprint density at radius 1 is 1.13 bits per heavy atom. The van der Waals surface area contributed by atoms with E-state index in [4.69, 9.17) is 4.74 Å². The van der Waals surface area contributed by atoms with Crippen LogP contribution in [-0.4, -0.2) is 53.0 Å². The van der Waals surface area contributed by atoms with Crippen molar-refractivity contribution < 1.29 is 34.4 Å². The molecule has 0 radical (unpaired) electrons. The van der Waals surface area contributed by atoms with Crippen LogP contribution in [0.5, 0.6) is 0 Å². The summed E-state index contributed by atoms with van der Waals surface area (Å²) in [5.74, 6) is -1.21. The summed E-state index contributed by atoms with van der Waals surface area (Å²) in [7, 11) is 2.98. The lowest BCUT2D eigenvalue weighted by molar-refractivity contribution is -0.134. The molecule has 9 nitrogen and oxygen atoms in total. The Kier molecular flexibility index (Phi) is 8.95. The normalized spacial score (nSPS) is 11.2. The third kappa shape index (κ3) is 5.20. The molecule has 2 aromatic rings. The molecule has 0 unspecified atom stereocenters. The average Bonchev–Trinajstić information content (AvgIpc) is 3.14. The first-order chi connectivity index (χ1) is 15.0. The molecule has 5 N–H and O–H groups in total. The van der Waals surface area contributed by atoms with E-state index in [9.17, 15) is 24.9 Å². The number of ether oxygens (including phenoxy) is 2. The van der Waals surface area contributed by atoms with Crippen molar-refractivity contribution in [1.29, 1.82) is 0 Å². The molecule has 0 aliphatic heterocycles. The highest BCUT2D eigenvalue weighted by Gasteiger charge is 2.25. The van der Waals surface area contributed by atoms with Gasteiger partial charge >= 0.3 is 11.9 Å². The molecular formula is C22H28N2O7. The number of hydrogen-bond acceptors (Lipinski definition) is 8. The molecule has 2 rings (SSSR count). The summed E-state index contributed by atoms with van der Waals surface area (Å²) in [4.78, 5) is 27.4. The highest BCUT2D eigenvalue weighted by molar-refractivity contribution is 5.99. The number of aliphatic hydroxyl groups excluding tert-OH is 3. The summed E-state index contributed by atoms with van der Waals surface area (Å²) in [6.07, 6.45) is 2.63. The maximum atomic E-state index is 12.6. The molecule has 0 saturated carbocycles. The Hall–Kier alpha value is -2.98. The highest BCUT2D eigenvalue weighted by atomic mass is 16.5. The van der Waals surface area contributed by atoms with E-state index in [1.165, 1.54) is 19.3 Å². The maximum absolute atomic E-state index is 12.6. The molecule has 0 aliphatic rings. The molecule has 0 aliphatic carbocycles. The van der Waals surface area contributed by atoms with Crippen molar-refractivity contribution in [3.63, 3.8) is 0 Å². The molecule has 9 heteroatoms. The van der Waals surface area contributed by atoms with Gasteiger partial charge in [-0.2, -0.15) is 0 Å². The number of aromatic amines is 1. The number of hydrogen-bond donors (Lipinski definition) is 5. The van der Waals surface area contributed by atoms with Gasteiger partial charge in [0.15, 0.2) is 0 Å². The van der Waals surface area contributed by atoms with Gasteiger partial charge in [0.05, 0.1) is 33.5 Å². The van der Waals surface area contributed by atoms with Crippen LogP contribution in [0, 0.1) is 0 Å². The van der Waals surface area contributed by atoms with Crippen molar-refractivity contribution in [3.05, 3.63) is 51.9 Å². The van der Waals surface area contributed by atoms with E-state index in [1.54, 1.807) is 26.1 Å². The molecule has 0 atom stereocenters. The maximum Gasteiger partial charge on any atom is 0.355 e. The molecule has 0 fully saturated rings. The number of rotatable bonds is 10. The Labute approximate surface area is 180 Å². The second-order valence-corrected chi connectivity index (χ2v) is 6.58. The van der Waals surface area contributed by atoms with Crippen LogP contribution in [0.4, 0.5) is 0 Å². The van der Waals surface area contributed by atoms with E-state index in [2.05, 4.69) is 15.0 Å². The molecule has 168 valence electrons. The van der Waals surface area contributed by atoms with Crippen LogP contribution in [0.1, 0.15) is 45.4 Å². The van der Waals surface area contributed by atoms with Gasteiger partial charge in [0, 0.05) is 29.4 Å². The SMILES string of the molecule is CCOC(=O)c1[nH]c(CNC)c(-c2ccc(CO)c(CO)c2CO)c1/C=C/C(=O)OC. The predicted molar refractivity (Wildman–Crippen MR) is 114 cm³/mol. The third-order valence-electron chi connectivity index (χ3n) is 4.82. The van der Waals surface area contributed by atoms with Crippen LogP contribution in [0.2, 0.25) is 0 Å². The summed E-state index contributed by atoms with van der Waals surface area (Å²) in [5, 5.41) is 32.6. The quantitative estimate of drug-likeness (QED) is 0.279. The first-order valence-electron chi connectivity index (χ1n) is 9.76. The number of esters is 2. The van der Waals surface area contributed by atoms with Gasteiger partial charge in [-0.3, -0.25) is 0 Å².